The van der Waals surface area contributed by atoms with E-state index in [-0.39, 0.29) is 12.0 Å². The molecule has 1 aromatic carbocycles. The average Bonchev–Trinajstić information content (AvgIpc) is 2.86. The Morgan fingerprint density at radius 1 is 1.25 bits per heavy atom. The lowest BCUT2D eigenvalue weighted by Crippen LogP contribution is -2.31. The second-order valence-electron chi connectivity index (χ2n) is 5.77. The number of hydrogen-bond donors (Lipinski definition) is 2. The fourth-order valence-electron chi connectivity index (χ4n) is 2.59. The molecule has 0 aliphatic heterocycles. The summed E-state index contributed by atoms with van der Waals surface area (Å²) in [5.41, 5.74) is 4.16. The molecule has 0 aliphatic rings. The number of aryl methyl sites for hydroxylation is 3. The van der Waals surface area contributed by atoms with Crippen LogP contribution >= 0.6 is 23.6 Å². The summed E-state index contributed by atoms with van der Waals surface area (Å²) in [4.78, 5) is 12.8. The van der Waals surface area contributed by atoms with Crippen LogP contribution in [0.4, 0.5) is 5.00 Å². The highest BCUT2D eigenvalue weighted by atomic mass is 32.1. The molecule has 2 N–H and O–H groups in total. The third-order valence-corrected chi connectivity index (χ3v) is 4.91. The Hall–Kier alpha value is -1.92. The molecule has 4 nitrogen and oxygen atoms in total. The number of hydrogen-bond acceptors (Lipinski definition) is 4. The minimum atomic E-state index is -0.368. The molecule has 1 atom stereocenters. The first-order valence-electron chi connectivity index (χ1n) is 7.65. The molecule has 0 fully saturated rings. The molecule has 0 aliphatic carbocycles. The van der Waals surface area contributed by atoms with Crippen LogP contribution in [0.2, 0.25) is 0 Å². The van der Waals surface area contributed by atoms with Crippen molar-refractivity contribution < 1.29 is 9.53 Å². The molecule has 0 amide bonds. The van der Waals surface area contributed by atoms with Gasteiger partial charge in [-0.1, -0.05) is 23.8 Å². The van der Waals surface area contributed by atoms with E-state index in [1.54, 1.807) is 6.07 Å². The van der Waals surface area contributed by atoms with Gasteiger partial charge < -0.3 is 15.4 Å². The molecule has 0 bridgehead atoms. The number of thiophene rings is 1. The summed E-state index contributed by atoms with van der Waals surface area (Å²) in [5, 5.41) is 7.57. The van der Waals surface area contributed by atoms with Crippen molar-refractivity contribution in [3.8, 4) is 0 Å². The second kappa shape index (κ2) is 7.77. The van der Waals surface area contributed by atoms with E-state index in [4.69, 9.17) is 17.0 Å². The largest absolute Gasteiger partial charge is 0.465 e. The summed E-state index contributed by atoms with van der Waals surface area (Å²) >= 11 is 6.88. The minimum absolute atomic E-state index is 0.0632. The first-order valence-corrected chi connectivity index (χ1v) is 8.87. The predicted molar refractivity (Wildman–Crippen MR) is 104 cm³/mol. The molecule has 0 saturated carbocycles. The number of methoxy groups -OCH3 is 1. The molecule has 2 rings (SSSR count). The van der Waals surface area contributed by atoms with E-state index >= 15 is 0 Å². The normalized spacial score (nSPS) is 11.7. The maximum Gasteiger partial charge on any atom is 0.340 e. The fraction of sp³-hybridized carbons (Fsp3) is 0.333. The summed E-state index contributed by atoms with van der Waals surface area (Å²) in [6.07, 6.45) is 0. The van der Waals surface area contributed by atoms with Crippen LogP contribution in [0.1, 0.15) is 44.9 Å². The van der Waals surface area contributed by atoms with Crippen LogP contribution < -0.4 is 10.6 Å². The van der Waals surface area contributed by atoms with Crippen molar-refractivity contribution in [1.82, 2.24) is 5.32 Å². The Balaban J connectivity index is 2.09. The maximum atomic E-state index is 11.8. The molecule has 1 heterocycles. The first kappa shape index (κ1) is 18.4. The lowest BCUT2D eigenvalue weighted by Gasteiger charge is -2.19. The summed E-state index contributed by atoms with van der Waals surface area (Å²) in [6.45, 7) is 8.17. The SMILES string of the molecule is COC(=O)c1cc(C)sc1NC(=S)NC(C)c1ccc(C)cc1C. The lowest BCUT2D eigenvalue weighted by molar-refractivity contribution is 0.0602. The molecule has 1 aromatic heterocycles. The quantitative estimate of drug-likeness (QED) is 0.619. The van der Waals surface area contributed by atoms with E-state index in [1.165, 1.54) is 35.1 Å². The van der Waals surface area contributed by atoms with Gasteiger partial charge in [0, 0.05) is 4.88 Å². The zero-order valence-electron chi connectivity index (χ0n) is 14.5. The van der Waals surface area contributed by atoms with Crippen molar-refractivity contribution >= 4 is 39.6 Å². The average molecular weight is 363 g/mol. The highest BCUT2D eigenvalue weighted by Crippen LogP contribution is 2.28. The molecule has 1 unspecified atom stereocenters. The Morgan fingerprint density at radius 3 is 2.58 bits per heavy atom. The smallest absolute Gasteiger partial charge is 0.340 e. The van der Waals surface area contributed by atoms with E-state index < -0.39 is 0 Å². The van der Waals surface area contributed by atoms with Gasteiger partial charge >= 0.3 is 5.97 Å². The zero-order chi connectivity index (χ0) is 17.9. The van der Waals surface area contributed by atoms with Crippen LogP contribution in [-0.2, 0) is 4.74 Å². The third kappa shape index (κ3) is 4.33. The summed E-state index contributed by atoms with van der Waals surface area (Å²) in [7, 11) is 1.37. The summed E-state index contributed by atoms with van der Waals surface area (Å²) < 4.78 is 4.81. The molecule has 0 radical (unpaired) electrons. The van der Waals surface area contributed by atoms with E-state index in [1.807, 2.05) is 6.92 Å². The predicted octanol–water partition coefficient (Wildman–Crippen LogP) is 4.51. The van der Waals surface area contributed by atoms with Gasteiger partial charge in [-0.25, -0.2) is 4.79 Å². The minimum Gasteiger partial charge on any atom is -0.465 e. The lowest BCUT2D eigenvalue weighted by atomic mass is 10.0. The van der Waals surface area contributed by atoms with Crippen molar-refractivity contribution in [3.05, 3.63) is 51.4 Å². The second-order valence-corrected chi connectivity index (χ2v) is 7.44. The highest BCUT2D eigenvalue weighted by Gasteiger charge is 2.17. The number of carbonyl (C=O) groups excluding carboxylic acids is 1. The highest BCUT2D eigenvalue weighted by molar-refractivity contribution is 7.80. The van der Waals surface area contributed by atoms with Gasteiger partial charge in [0.05, 0.1) is 18.7 Å². The van der Waals surface area contributed by atoms with Crippen LogP contribution in [0.25, 0.3) is 0 Å². The molecule has 0 spiro atoms. The van der Waals surface area contributed by atoms with Gasteiger partial charge in [-0.05, 0) is 57.1 Å². The molecule has 0 saturated heterocycles. The standard InChI is InChI=1S/C18H22N2O2S2/c1-10-6-7-14(11(2)8-10)13(4)19-18(23)20-16-15(17(21)22-5)9-12(3)24-16/h6-9,13H,1-5H3,(H2,19,20,23). The van der Waals surface area contributed by atoms with E-state index in [0.29, 0.717) is 15.7 Å². The number of thiocarbonyl (C=S) groups is 1. The number of anilines is 1. The van der Waals surface area contributed by atoms with Crippen molar-refractivity contribution in [2.24, 2.45) is 0 Å². The number of nitrogens with one attached hydrogen (secondary N) is 2. The van der Waals surface area contributed by atoms with Crippen molar-refractivity contribution in [3.63, 3.8) is 0 Å². The van der Waals surface area contributed by atoms with E-state index in [9.17, 15) is 4.79 Å². The van der Waals surface area contributed by atoms with Gasteiger partial charge in [-0.3, -0.25) is 0 Å². The monoisotopic (exact) mass is 362 g/mol. The third-order valence-electron chi connectivity index (χ3n) is 3.73. The summed E-state index contributed by atoms with van der Waals surface area (Å²) in [5.74, 6) is -0.368. The summed E-state index contributed by atoms with van der Waals surface area (Å²) in [6, 6.07) is 8.22. The number of carbonyl (C=O) groups is 1. The van der Waals surface area contributed by atoms with Gasteiger partial charge in [0.1, 0.15) is 5.00 Å². The molecular formula is C18H22N2O2S2. The molecule has 24 heavy (non-hydrogen) atoms. The van der Waals surface area contributed by atoms with Crippen LogP contribution in [0.3, 0.4) is 0 Å². The van der Waals surface area contributed by atoms with Crippen LogP contribution in [0.5, 0.6) is 0 Å². The van der Waals surface area contributed by atoms with Crippen molar-refractivity contribution in [2.45, 2.75) is 33.7 Å². The molecular weight excluding hydrogens is 340 g/mol. The van der Waals surface area contributed by atoms with Crippen molar-refractivity contribution in [1.29, 1.82) is 0 Å². The van der Waals surface area contributed by atoms with Gasteiger partial charge in [-0.15, -0.1) is 11.3 Å². The fourth-order valence-corrected chi connectivity index (χ4v) is 3.84. The van der Waals surface area contributed by atoms with Crippen LogP contribution in [0, 0.1) is 20.8 Å². The van der Waals surface area contributed by atoms with E-state index in [2.05, 4.69) is 49.6 Å². The maximum absolute atomic E-state index is 11.8. The molecule has 6 heteroatoms. The number of ether oxygens (including phenoxy) is 1. The Bertz CT molecular complexity index is 768. The zero-order valence-corrected chi connectivity index (χ0v) is 16.2. The van der Waals surface area contributed by atoms with Gasteiger partial charge in [-0.2, -0.15) is 0 Å². The number of esters is 1. The van der Waals surface area contributed by atoms with Gasteiger partial charge in [0.25, 0.3) is 0 Å². The molecule has 2 aromatic rings. The van der Waals surface area contributed by atoms with Crippen molar-refractivity contribution in [2.75, 3.05) is 12.4 Å². The number of benzene rings is 1. The Kier molecular flexibility index (Phi) is 5.96. The Labute approximate surface area is 152 Å². The van der Waals surface area contributed by atoms with E-state index in [0.717, 1.165) is 4.88 Å². The molecule has 128 valence electrons. The van der Waals surface area contributed by atoms with Gasteiger partial charge in [0.15, 0.2) is 5.11 Å². The topological polar surface area (TPSA) is 50.4 Å². The van der Waals surface area contributed by atoms with Crippen LogP contribution in [0.15, 0.2) is 24.3 Å². The van der Waals surface area contributed by atoms with Crippen LogP contribution in [-0.4, -0.2) is 18.2 Å². The van der Waals surface area contributed by atoms with Gasteiger partial charge in [0.2, 0.25) is 0 Å². The Morgan fingerprint density at radius 2 is 1.96 bits per heavy atom. The number of rotatable bonds is 4. The first-order chi connectivity index (χ1) is 11.3.